The standard InChI is InChI=1S/C12H18N2/c13-11-7-4-8-14-12(11)9-10-5-2-1-3-6-10/h4,7-8,10H,1-3,5-6,9,13H2. The van der Waals surface area contributed by atoms with Crippen LogP contribution in [0.3, 0.4) is 0 Å². The fraction of sp³-hybridized carbons (Fsp3) is 0.583. The van der Waals surface area contributed by atoms with E-state index in [0.717, 1.165) is 23.7 Å². The minimum atomic E-state index is 0.820. The Hall–Kier alpha value is -1.05. The lowest BCUT2D eigenvalue weighted by Gasteiger charge is -2.21. The summed E-state index contributed by atoms with van der Waals surface area (Å²) < 4.78 is 0. The SMILES string of the molecule is Nc1cccnc1CC1CCCCC1. The summed E-state index contributed by atoms with van der Waals surface area (Å²) in [5.41, 5.74) is 7.83. The molecule has 14 heavy (non-hydrogen) atoms. The largest absolute Gasteiger partial charge is 0.397 e. The van der Waals surface area contributed by atoms with Gasteiger partial charge in [-0.3, -0.25) is 4.98 Å². The molecule has 1 fully saturated rings. The summed E-state index contributed by atoms with van der Waals surface area (Å²) in [7, 11) is 0. The molecule has 0 saturated heterocycles. The molecule has 0 radical (unpaired) electrons. The third-order valence-corrected chi connectivity index (χ3v) is 3.13. The molecule has 0 aliphatic heterocycles. The molecular formula is C12H18N2. The maximum absolute atomic E-state index is 5.88. The predicted octanol–water partition coefficient (Wildman–Crippen LogP) is 2.79. The highest BCUT2D eigenvalue weighted by atomic mass is 14.7. The summed E-state index contributed by atoms with van der Waals surface area (Å²) >= 11 is 0. The average molecular weight is 190 g/mol. The quantitative estimate of drug-likeness (QED) is 0.778. The Morgan fingerprint density at radius 1 is 1.29 bits per heavy atom. The maximum atomic E-state index is 5.88. The molecule has 0 aromatic carbocycles. The third-order valence-electron chi connectivity index (χ3n) is 3.13. The normalized spacial score (nSPS) is 18.3. The number of hydrogen-bond acceptors (Lipinski definition) is 2. The van der Waals surface area contributed by atoms with Gasteiger partial charge in [0, 0.05) is 6.20 Å². The van der Waals surface area contributed by atoms with Crippen molar-refractivity contribution >= 4 is 5.69 Å². The van der Waals surface area contributed by atoms with Crippen LogP contribution in [-0.2, 0) is 6.42 Å². The van der Waals surface area contributed by atoms with Gasteiger partial charge >= 0.3 is 0 Å². The van der Waals surface area contributed by atoms with Crippen molar-refractivity contribution in [3.63, 3.8) is 0 Å². The Morgan fingerprint density at radius 3 is 2.79 bits per heavy atom. The van der Waals surface area contributed by atoms with Gasteiger partial charge in [0.15, 0.2) is 0 Å². The van der Waals surface area contributed by atoms with Crippen molar-refractivity contribution < 1.29 is 0 Å². The van der Waals surface area contributed by atoms with E-state index in [9.17, 15) is 0 Å². The second-order valence-corrected chi connectivity index (χ2v) is 4.25. The topological polar surface area (TPSA) is 38.9 Å². The van der Waals surface area contributed by atoms with Crippen LogP contribution in [0.4, 0.5) is 5.69 Å². The van der Waals surface area contributed by atoms with E-state index in [1.54, 1.807) is 0 Å². The zero-order valence-corrected chi connectivity index (χ0v) is 8.58. The zero-order valence-electron chi connectivity index (χ0n) is 8.58. The van der Waals surface area contributed by atoms with Gasteiger partial charge in [-0.15, -0.1) is 0 Å². The van der Waals surface area contributed by atoms with Crippen LogP contribution in [0.5, 0.6) is 0 Å². The Kier molecular flexibility index (Phi) is 3.02. The number of anilines is 1. The Labute approximate surface area is 85.5 Å². The molecule has 0 bridgehead atoms. The molecule has 2 heteroatoms. The van der Waals surface area contributed by atoms with Crippen LogP contribution in [0, 0.1) is 5.92 Å². The Balaban J connectivity index is 1.99. The van der Waals surface area contributed by atoms with Crippen molar-refractivity contribution in [2.45, 2.75) is 38.5 Å². The highest BCUT2D eigenvalue weighted by Gasteiger charge is 2.15. The van der Waals surface area contributed by atoms with Gasteiger partial charge in [-0.05, 0) is 24.5 Å². The summed E-state index contributed by atoms with van der Waals surface area (Å²) in [6.45, 7) is 0. The predicted molar refractivity (Wildman–Crippen MR) is 58.9 cm³/mol. The second kappa shape index (κ2) is 4.45. The summed E-state index contributed by atoms with van der Waals surface area (Å²) in [5, 5.41) is 0. The summed E-state index contributed by atoms with van der Waals surface area (Å²) in [6.07, 6.45) is 9.82. The van der Waals surface area contributed by atoms with Gasteiger partial charge in [-0.2, -0.15) is 0 Å². The van der Waals surface area contributed by atoms with E-state index in [0.29, 0.717) is 0 Å². The first-order valence-corrected chi connectivity index (χ1v) is 5.55. The van der Waals surface area contributed by atoms with Gasteiger partial charge in [0.05, 0.1) is 11.4 Å². The van der Waals surface area contributed by atoms with Gasteiger partial charge in [0.25, 0.3) is 0 Å². The van der Waals surface area contributed by atoms with E-state index in [2.05, 4.69) is 4.98 Å². The van der Waals surface area contributed by atoms with Crippen molar-refractivity contribution in [1.29, 1.82) is 0 Å². The lowest BCUT2D eigenvalue weighted by molar-refractivity contribution is 0.354. The first-order valence-electron chi connectivity index (χ1n) is 5.55. The highest BCUT2D eigenvalue weighted by Crippen LogP contribution is 2.27. The number of nitrogen functional groups attached to an aromatic ring is 1. The number of rotatable bonds is 2. The van der Waals surface area contributed by atoms with Gasteiger partial charge in [0.2, 0.25) is 0 Å². The Morgan fingerprint density at radius 2 is 2.07 bits per heavy atom. The van der Waals surface area contributed by atoms with E-state index in [1.165, 1.54) is 32.1 Å². The number of nitrogens with zero attached hydrogens (tertiary/aromatic N) is 1. The fourth-order valence-electron chi connectivity index (χ4n) is 2.29. The average Bonchev–Trinajstić information content (AvgIpc) is 2.23. The molecule has 1 aliphatic rings. The van der Waals surface area contributed by atoms with Crippen LogP contribution in [0.2, 0.25) is 0 Å². The lowest BCUT2D eigenvalue weighted by atomic mass is 9.86. The minimum absolute atomic E-state index is 0.820. The molecule has 0 amide bonds. The summed E-state index contributed by atoms with van der Waals surface area (Å²) in [4.78, 5) is 4.35. The van der Waals surface area contributed by atoms with Crippen LogP contribution in [0.15, 0.2) is 18.3 Å². The van der Waals surface area contributed by atoms with E-state index < -0.39 is 0 Å². The molecule has 1 saturated carbocycles. The van der Waals surface area contributed by atoms with E-state index in [4.69, 9.17) is 5.73 Å². The number of nitrogens with two attached hydrogens (primary N) is 1. The van der Waals surface area contributed by atoms with Crippen LogP contribution in [0.25, 0.3) is 0 Å². The first-order chi connectivity index (χ1) is 6.86. The fourth-order valence-corrected chi connectivity index (χ4v) is 2.29. The van der Waals surface area contributed by atoms with Crippen molar-refractivity contribution in [3.8, 4) is 0 Å². The first kappa shape index (κ1) is 9.50. The van der Waals surface area contributed by atoms with E-state index >= 15 is 0 Å². The highest BCUT2D eigenvalue weighted by molar-refractivity contribution is 5.42. The van der Waals surface area contributed by atoms with Crippen LogP contribution in [-0.4, -0.2) is 4.98 Å². The Bertz CT molecular complexity index is 290. The maximum Gasteiger partial charge on any atom is 0.0635 e. The third kappa shape index (κ3) is 2.25. The molecule has 2 rings (SSSR count). The van der Waals surface area contributed by atoms with Crippen LogP contribution in [0.1, 0.15) is 37.8 Å². The van der Waals surface area contributed by atoms with Gasteiger partial charge in [-0.1, -0.05) is 32.1 Å². The number of aromatic nitrogens is 1. The van der Waals surface area contributed by atoms with Crippen LogP contribution < -0.4 is 5.73 Å². The minimum Gasteiger partial charge on any atom is -0.397 e. The molecule has 0 unspecified atom stereocenters. The summed E-state index contributed by atoms with van der Waals surface area (Å²) in [5.74, 6) is 0.820. The molecule has 76 valence electrons. The van der Waals surface area contributed by atoms with Crippen molar-refractivity contribution in [3.05, 3.63) is 24.0 Å². The summed E-state index contributed by atoms with van der Waals surface area (Å²) in [6, 6.07) is 3.85. The number of pyridine rings is 1. The van der Waals surface area contributed by atoms with Gasteiger partial charge in [0.1, 0.15) is 0 Å². The smallest absolute Gasteiger partial charge is 0.0635 e. The monoisotopic (exact) mass is 190 g/mol. The molecule has 1 heterocycles. The molecule has 0 spiro atoms. The molecule has 2 N–H and O–H groups in total. The van der Waals surface area contributed by atoms with Gasteiger partial charge < -0.3 is 5.73 Å². The molecule has 1 aromatic heterocycles. The molecular weight excluding hydrogens is 172 g/mol. The number of hydrogen-bond donors (Lipinski definition) is 1. The molecule has 2 nitrogen and oxygen atoms in total. The van der Waals surface area contributed by atoms with Gasteiger partial charge in [-0.25, -0.2) is 0 Å². The lowest BCUT2D eigenvalue weighted by Crippen LogP contribution is -2.11. The van der Waals surface area contributed by atoms with E-state index in [1.807, 2.05) is 18.3 Å². The second-order valence-electron chi connectivity index (χ2n) is 4.25. The molecule has 1 aromatic rings. The van der Waals surface area contributed by atoms with Crippen molar-refractivity contribution in [1.82, 2.24) is 4.98 Å². The van der Waals surface area contributed by atoms with Crippen molar-refractivity contribution in [2.24, 2.45) is 5.92 Å². The molecule has 1 aliphatic carbocycles. The van der Waals surface area contributed by atoms with Crippen LogP contribution >= 0.6 is 0 Å². The molecule has 0 atom stereocenters. The van der Waals surface area contributed by atoms with E-state index in [-0.39, 0.29) is 0 Å². The van der Waals surface area contributed by atoms with Crippen molar-refractivity contribution in [2.75, 3.05) is 5.73 Å². The zero-order chi connectivity index (χ0) is 9.80.